The van der Waals surface area contributed by atoms with Crippen molar-refractivity contribution in [3.05, 3.63) is 99.1 Å². The summed E-state index contributed by atoms with van der Waals surface area (Å²) in [4.78, 5) is 11.8. The molecule has 3 nitrogen and oxygen atoms in total. The van der Waals surface area contributed by atoms with Crippen molar-refractivity contribution in [1.82, 2.24) is 0 Å². The van der Waals surface area contributed by atoms with Crippen LogP contribution < -0.4 is 4.74 Å². The Bertz CT molecular complexity index is 1020. The quantitative estimate of drug-likeness (QED) is 0.283. The summed E-state index contributed by atoms with van der Waals surface area (Å²) in [6, 6.07) is 24.6. The van der Waals surface area contributed by atoms with Gasteiger partial charge in [-0.2, -0.15) is 0 Å². The number of carbonyl (C=O) groups is 1. The summed E-state index contributed by atoms with van der Waals surface area (Å²) in [5.74, 6) is 0.415. The van der Waals surface area contributed by atoms with Crippen LogP contribution in [0.5, 0.6) is 5.75 Å². The molecule has 0 saturated heterocycles. The Balaban J connectivity index is 1.77. The third-order valence-corrected chi connectivity index (χ3v) is 6.46. The van der Waals surface area contributed by atoms with E-state index in [0.717, 1.165) is 14.2 Å². The van der Waals surface area contributed by atoms with Gasteiger partial charge in [0.25, 0.3) is 0 Å². The predicted molar refractivity (Wildman–Crippen MR) is 128 cm³/mol. The molecule has 0 fully saturated rings. The first-order valence-electron chi connectivity index (χ1n) is 9.12. The topological polar surface area (TPSA) is 46.5 Å². The lowest BCUT2D eigenvalue weighted by atomic mass is 9.97. The zero-order valence-electron chi connectivity index (χ0n) is 16.0. The standard InChI is InChI=1S/C24H21IO3S/c1-17-6-5-9-19(14-17)21(18-7-3-2-4-8-18)12-13-29-23-11-10-20(15-22(23)25)28-16-24(26)27/h2-12,14-15H,13,16H2,1H3,(H,26,27). The first-order chi connectivity index (χ1) is 14.0. The van der Waals surface area contributed by atoms with Crippen LogP contribution in [0.1, 0.15) is 16.7 Å². The summed E-state index contributed by atoms with van der Waals surface area (Å²) in [6.45, 7) is 1.78. The Morgan fingerprint density at radius 1 is 1.03 bits per heavy atom. The molecule has 29 heavy (non-hydrogen) atoms. The van der Waals surface area contributed by atoms with Crippen molar-refractivity contribution in [1.29, 1.82) is 0 Å². The SMILES string of the molecule is Cc1cccc(C(=CCSc2ccc(OCC(=O)O)cc2I)c2ccccc2)c1. The van der Waals surface area contributed by atoms with E-state index in [0.29, 0.717) is 5.75 Å². The Morgan fingerprint density at radius 3 is 2.48 bits per heavy atom. The zero-order valence-corrected chi connectivity index (χ0v) is 18.9. The molecule has 0 saturated carbocycles. The monoisotopic (exact) mass is 516 g/mol. The van der Waals surface area contributed by atoms with E-state index in [9.17, 15) is 4.79 Å². The zero-order chi connectivity index (χ0) is 20.6. The molecular formula is C24H21IO3S. The normalized spacial score (nSPS) is 11.3. The predicted octanol–water partition coefficient (Wildman–Crippen LogP) is 6.29. The molecular weight excluding hydrogens is 495 g/mol. The Morgan fingerprint density at radius 2 is 1.79 bits per heavy atom. The van der Waals surface area contributed by atoms with Crippen LogP contribution >= 0.6 is 34.4 Å². The molecule has 0 heterocycles. The number of carboxylic acids is 1. The van der Waals surface area contributed by atoms with Crippen molar-refractivity contribution in [3.63, 3.8) is 0 Å². The fourth-order valence-electron chi connectivity index (χ4n) is 2.88. The highest BCUT2D eigenvalue weighted by Crippen LogP contribution is 2.30. The van der Waals surface area contributed by atoms with Crippen LogP contribution in [0.15, 0.2) is 83.8 Å². The van der Waals surface area contributed by atoms with Gasteiger partial charge < -0.3 is 9.84 Å². The van der Waals surface area contributed by atoms with E-state index < -0.39 is 5.97 Å². The lowest BCUT2D eigenvalue weighted by molar-refractivity contribution is -0.139. The first-order valence-corrected chi connectivity index (χ1v) is 11.2. The van der Waals surface area contributed by atoms with Crippen LogP contribution in [0.25, 0.3) is 5.57 Å². The van der Waals surface area contributed by atoms with E-state index in [1.165, 1.54) is 22.3 Å². The second-order valence-corrected chi connectivity index (χ2v) is 8.66. The summed E-state index contributed by atoms with van der Waals surface area (Å²) in [6.07, 6.45) is 2.26. The van der Waals surface area contributed by atoms with Crippen molar-refractivity contribution in [2.75, 3.05) is 12.4 Å². The summed E-state index contributed by atoms with van der Waals surface area (Å²) in [5.41, 5.74) is 4.87. The highest BCUT2D eigenvalue weighted by molar-refractivity contribution is 14.1. The molecule has 0 spiro atoms. The molecule has 3 rings (SSSR count). The Hall–Kier alpha value is -2.25. The molecule has 0 atom stereocenters. The fourth-order valence-corrected chi connectivity index (χ4v) is 4.63. The van der Waals surface area contributed by atoms with Crippen molar-refractivity contribution >= 4 is 45.9 Å². The minimum Gasteiger partial charge on any atom is -0.482 e. The van der Waals surface area contributed by atoms with Gasteiger partial charge in [0, 0.05) is 14.2 Å². The molecule has 1 N–H and O–H groups in total. The number of hydrogen-bond acceptors (Lipinski definition) is 3. The molecule has 0 radical (unpaired) electrons. The number of ether oxygens (including phenoxy) is 1. The number of rotatable bonds is 8. The summed E-state index contributed by atoms with van der Waals surface area (Å²) < 4.78 is 6.29. The van der Waals surface area contributed by atoms with E-state index in [2.05, 4.69) is 84.1 Å². The van der Waals surface area contributed by atoms with Crippen LogP contribution in [0.4, 0.5) is 0 Å². The molecule has 0 unspecified atom stereocenters. The second kappa shape index (κ2) is 10.5. The van der Waals surface area contributed by atoms with Crippen molar-refractivity contribution in [2.24, 2.45) is 0 Å². The molecule has 0 bridgehead atoms. The summed E-state index contributed by atoms with van der Waals surface area (Å²) in [5, 5.41) is 8.73. The largest absolute Gasteiger partial charge is 0.482 e. The maximum Gasteiger partial charge on any atom is 0.341 e. The molecule has 0 aromatic heterocycles. The summed E-state index contributed by atoms with van der Waals surface area (Å²) >= 11 is 4.00. The number of carboxylic acid groups (broad SMARTS) is 1. The fraction of sp³-hybridized carbons (Fsp3) is 0.125. The smallest absolute Gasteiger partial charge is 0.341 e. The van der Waals surface area contributed by atoms with Crippen LogP contribution in [0.2, 0.25) is 0 Å². The molecule has 0 aliphatic carbocycles. The van der Waals surface area contributed by atoms with Gasteiger partial charge in [0.2, 0.25) is 0 Å². The van der Waals surface area contributed by atoms with Crippen molar-refractivity contribution in [2.45, 2.75) is 11.8 Å². The van der Waals surface area contributed by atoms with Crippen LogP contribution in [-0.4, -0.2) is 23.4 Å². The molecule has 0 aliphatic heterocycles. The van der Waals surface area contributed by atoms with Gasteiger partial charge >= 0.3 is 5.97 Å². The highest BCUT2D eigenvalue weighted by atomic mass is 127. The minimum atomic E-state index is -0.979. The maximum absolute atomic E-state index is 10.6. The van der Waals surface area contributed by atoms with Crippen LogP contribution in [0, 0.1) is 10.5 Å². The van der Waals surface area contributed by atoms with Crippen LogP contribution in [-0.2, 0) is 4.79 Å². The molecule has 0 aliphatic rings. The second-order valence-electron chi connectivity index (χ2n) is 6.44. The number of benzene rings is 3. The van der Waals surface area contributed by atoms with Crippen molar-refractivity contribution < 1.29 is 14.6 Å². The van der Waals surface area contributed by atoms with Gasteiger partial charge in [0.05, 0.1) is 0 Å². The molecule has 5 heteroatoms. The third-order valence-electron chi connectivity index (χ3n) is 4.21. The number of aryl methyl sites for hydroxylation is 1. The average molecular weight is 516 g/mol. The minimum absolute atomic E-state index is 0.331. The number of thioether (sulfide) groups is 1. The van der Waals surface area contributed by atoms with E-state index in [1.54, 1.807) is 11.8 Å². The van der Waals surface area contributed by atoms with E-state index in [4.69, 9.17) is 9.84 Å². The highest BCUT2D eigenvalue weighted by Gasteiger charge is 2.07. The average Bonchev–Trinajstić information content (AvgIpc) is 2.71. The Labute approximate surface area is 188 Å². The van der Waals surface area contributed by atoms with Gasteiger partial charge in [-0.25, -0.2) is 4.79 Å². The molecule has 148 valence electrons. The molecule has 3 aromatic carbocycles. The van der Waals surface area contributed by atoms with E-state index in [1.807, 2.05) is 24.3 Å². The third kappa shape index (κ3) is 6.37. The van der Waals surface area contributed by atoms with Gasteiger partial charge in [-0.1, -0.05) is 66.2 Å². The van der Waals surface area contributed by atoms with E-state index in [-0.39, 0.29) is 6.61 Å². The Kier molecular flexibility index (Phi) is 7.77. The lowest BCUT2D eigenvalue weighted by Crippen LogP contribution is -2.09. The van der Waals surface area contributed by atoms with E-state index >= 15 is 0 Å². The van der Waals surface area contributed by atoms with Gasteiger partial charge in [0.1, 0.15) is 5.75 Å². The number of hydrogen-bond donors (Lipinski definition) is 1. The lowest BCUT2D eigenvalue weighted by Gasteiger charge is -2.11. The number of halogens is 1. The van der Waals surface area contributed by atoms with Gasteiger partial charge in [-0.15, -0.1) is 11.8 Å². The molecule has 3 aromatic rings. The summed E-state index contributed by atoms with van der Waals surface area (Å²) in [7, 11) is 0. The molecule has 0 amide bonds. The maximum atomic E-state index is 10.6. The van der Waals surface area contributed by atoms with Gasteiger partial charge in [0.15, 0.2) is 6.61 Å². The van der Waals surface area contributed by atoms with Gasteiger partial charge in [-0.3, -0.25) is 0 Å². The van der Waals surface area contributed by atoms with Gasteiger partial charge in [-0.05, 0) is 64.4 Å². The number of aliphatic carboxylic acids is 1. The first kappa shape index (κ1) is 21.5. The van der Waals surface area contributed by atoms with Crippen LogP contribution in [0.3, 0.4) is 0 Å². The van der Waals surface area contributed by atoms with Crippen molar-refractivity contribution in [3.8, 4) is 5.75 Å².